The molecule has 10 atom stereocenters. The third-order valence-corrected chi connectivity index (χ3v) is 24.4. The Morgan fingerprint density at radius 3 is 1.09 bits per heavy atom. The molecule has 10 aromatic rings. The van der Waals surface area contributed by atoms with E-state index in [4.69, 9.17) is 52.4 Å². The lowest BCUT2D eigenvalue weighted by Gasteiger charge is -2.36. The summed E-state index contributed by atoms with van der Waals surface area (Å²) in [6.45, 7) is 16.7. The van der Waals surface area contributed by atoms with Crippen LogP contribution in [0.25, 0.3) is 11.3 Å². The number of ether oxygens (including phenoxy) is 5. The van der Waals surface area contributed by atoms with Crippen molar-refractivity contribution in [3.05, 3.63) is 290 Å². The summed E-state index contributed by atoms with van der Waals surface area (Å²) in [5.41, 5.74) is 35.4. The molecule has 31 nitrogen and oxygen atoms in total. The Labute approximate surface area is 797 Å². The maximum Gasteiger partial charge on any atom is 0.267 e. The molecule has 37 heteroatoms. The van der Waals surface area contributed by atoms with Crippen LogP contribution in [0.5, 0.6) is 28.7 Å². The normalized spacial score (nSPS) is 21.2. The van der Waals surface area contributed by atoms with Crippen LogP contribution in [0.15, 0.2) is 220 Å². The maximum atomic E-state index is 13.8. The standard InChI is InChI=1S/C23H22FN5O2.C21H25FN4O2.C20H24FN5O2.C19H26FN3O2.C18H18F2N4O2/c1-14-11-17(6-7-20(14)31-15(2)24)23(21(30)29(3)22(25)28-23)18-8-10-27-19(12-18)16-5-4-9-26-13-16;1-13-10-17(8-9-18(13)28-14(2)22)21(19(27)26(4)20(23)25-21)16-7-5-6-15(11-16)12-24-3;1-12-9-14(5-6-17(12)28-13(2)21)20(18(27)26(4)19(22)25-20)15-7-8-24-16(10-15)11-23-3;1-12-11-15(9-10-16(12)25-13(2)20)19(14-7-5-4-6-8-14)17(24)23(3)18(21)22-19;1-10-8-12(4-5-14(10)26-11(2)19)18(15-9-13(20)6-7-22-15)16(25)24(3)17(21)23-18/h4-13,15H,1-3H3,(H2,25,28);5-11,14,24H,12H2,1-4H3,(H2,23,25);5-10,13,23H,11H2,1-4H3,(H2,22,25);9-11,13-14H,4-8H2,1-3H3,(H2,21,22);4-9,11H,1-3H3,(H2,21,23). The van der Waals surface area contributed by atoms with Crippen LogP contribution in [0.1, 0.15) is 156 Å². The number of nitrogens with two attached hydrogens (primary N) is 5. The van der Waals surface area contributed by atoms with Crippen molar-refractivity contribution in [2.45, 2.75) is 174 Å². The summed E-state index contributed by atoms with van der Waals surface area (Å²) < 4.78 is 106. The molecule has 6 aromatic carbocycles. The minimum atomic E-state index is -1.61. The Hall–Kier alpha value is -14.9. The summed E-state index contributed by atoms with van der Waals surface area (Å²) in [5.74, 6) is 0.946. The van der Waals surface area contributed by atoms with Crippen molar-refractivity contribution in [3.63, 3.8) is 0 Å². The molecule has 6 aliphatic rings. The van der Waals surface area contributed by atoms with Gasteiger partial charge < -0.3 is 63.0 Å². The van der Waals surface area contributed by atoms with E-state index in [1.807, 2.05) is 88.6 Å². The van der Waals surface area contributed by atoms with Crippen LogP contribution in [0.4, 0.5) is 26.3 Å². The van der Waals surface area contributed by atoms with Gasteiger partial charge in [0.2, 0.25) is 37.3 Å². The summed E-state index contributed by atoms with van der Waals surface area (Å²) in [4.78, 5) is 113. The van der Waals surface area contributed by atoms with Crippen LogP contribution < -0.4 is 63.0 Å². The minimum Gasteiger partial charge on any atom is -0.460 e. The van der Waals surface area contributed by atoms with Crippen LogP contribution >= 0.6 is 0 Å². The molecular weight excluding hydrogens is 1780 g/mol. The van der Waals surface area contributed by atoms with Crippen molar-refractivity contribution in [3.8, 4) is 40.0 Å². The van der Waals surface area contributed by atoms with Crippen molar-refractivity contribution < 1.29 is 74.0 Å². The van der Waals surface area contributed by atoms with E-state index in [9.17, 15) is 50.3 Å². The largest absolute Gasteiger partial charge is 0.460 e. The molecular formula is C101H115F6N21O10. The smallest absolute Gasteiger partial charge is 0.267 e. The highest BCUT2D eigenvalue weighted by molar-refractivity contribution is 6.12. The fourth-order valence-electron chi connectivity index (χ4n) is 17.5. The summed E-state index contributed by atoms with van der Waals surface area (Å²) >= 11 is 0. The van der Waals surface area contributed by atoms with Gasteiger partial charge in [-0.05, 0) is 255 Å². The molecule has 0 bridgehead atoms. The number of hydrogen-bond acceptors (Lipinski definition) is 26. The molecule has 4 aromatic heterocycles. The van der Waals surface area contributed by atoms with Gasteiger partial charge in [-0.3, -0.25) is 68.4 Å². The first kappa shape index (κ1) is 102. The number of carbonyl (C=O) groups is 5. The van der Waals surface area contributed by atoms with E-state index in [1.165, 1.54) is 84.8 Å². The quantitative estimate of drug-likeness (QED) is 0.0261. The second-order valence-electron chi connectivity index (χ2n) is 34.1. The molecule has 1 saturated carbocycles. The number of benzene rings is 6. The summed E-state index contributed by atoms with van der Waals surface area (Å²) in [5, 5.41) is 6.16. The summed E-state index contributed by atoms with van der Waals surface area (Å²) in [6, 6.07) is 46.6. The Kier molecular flexibility index (Phi) is 31.5. The fourth-order valence-corrected chi connectivity index (χ4v) is 17.5. The van der Waals surface area contributed by atoms with E-state index in [0.717, 1.165) is 65.3 Å². The number of carbonyl (C=O) groups excluding carboxylic acids is 5. The highest BCUT2D eigenvalue weighted by Gasteiger charge is 2.56. The molecule has 0 radical (unpaired) electrons. The van der Waals surface area contributed by atoms with Crippen molar-refractivity contribution in [2.24, 2.45) is 59.5 Å². The third-order valence-electron chi connectivity index (χ3n) is 24.4. The molecule has 0 spiro atoms. The van der Waals surface area contributed by atoms with Crippen molar-refractivity contribution in [1.82, 2.24) is 55.1 Å². The second kappa shape index (κ2) is 42.6. The molecule has 5 aliphatic heterocycles. The Bertz CT molecular complexity index is 6210. The number of pyridine rings is 4. The molecule has 9 heterocycles. The van der Waals surface area contributed by atoms with Gasteiger partial charge in [0.05, 0.1) is 17.1 Å². The Morgan fingerprint density at radius 2 is 0.732 bits per heavy atom. The molecule has 0 saturated heterocycles. The van der Waals surface area contributed by atoms with Crippen molar-refractivity contribution in [2.75, 3.05) is 49.3 Å². The zero-order chi connectivity index (χ0) is 100. The number of aryl methyl sites for hydroxylation is 5. The van der Waals surface area contributed by atoms with Gasteiger partial charge in [0, 0.05) is 119 Å². The maximum absolute atomic E-state index is 13.8. The Balaban J connectivity index is 0.000000155. The van der Waals surface area contributed by atoms with Gasteiger partial charge in [-0.25, -0.2) is 51.3 Å². The van der Waals surface area contributed by atoms with Gasteiger partial charge in [-0.2, -0.15) is 0 Å². The molecule has 1 fully saturated rings. The highest BCUT2D eigenvalue weighted by atomic mass is 19.2. The lowest BCUT2D eigenvalue weighted by atomic mass is 9.70. The van der Waals surface area contributed by atoms with Gasteiger partial charge in [0.25, 0.3) is 29.5 Å². The van der Waals surface area contributed by atoms with Crippen molar-refractivity contribution >= 4 is 59.3 Å². The fraction of sp³-hybridized carbons (Fsp3) is 0.347. The van der Waals surface area contributed by atoms with Crippen LogP contribution in [-0.4, -0.2) is 185 Å². The third kappa shape index (κ3) is 20.6. The number of aromatic nitrogens is 4. The number of guanidine groups is 5. The van der Waals surface area contributed by atoms with E-state index < -0.39 is 71.2 Å². The van der Waals surface area contributed by atoms with Crippen LogP contribution in [0.3, 0.4) is 0 Å². The molecule has 5 amide bonds. The van der Waals surface area contributed by atoms with Gasteiger partial charge in [-0.15, -0.1) is 0 Å². The van der Waals surface area contributed by atoms with Gasteiger partial charge >= 0.3 is 0 Å². The predicted molar refractivity (Wildman–Crippen MR) is 513 cm³/mol. The molecule has 16 rings (SSSR count). The van der Waals surface area contributed by atoms with Gasteiger partial charge in [0.1, 0.15) is 34.6 Å². The number of amides is 5. The first-order chi connectivity index (χ1) is 65.5. The molecule has 726 valence electrons. The molecule has 1 aliphatic carbocycles. The number of rotatable bonds is 25. The van der Waals surface area contributed by atoms with Gasteiger partial charge in [-0.1, -0.05) is 73.9 Å². The average Bonchev–Trinajstić information content (AvgIpc) is 1.60. The zero-order valence-electron chi connectivity index (χ0n) is 79.9. The van der Waals surface area contributed by atoms with Crippen molar-refractivity contribution in [1.29, 1.82) is 0 Å². The molecule has 138 heavy (non-hydrogen) atoms. The van der Waals surface area contributed by atoms with Crippen LogP contribution in [0, 0.1) is 46.4 Å². The van der Waals surface area contributed by atoms with E-state index in [2.05, 4.69) is 55.5 Å². The topological polar surface area (TPSA) is 415 Å². The van der Waals surface area contributed by atoms with E-state index in [0.29, 0.717) is 103 Å². The SMILES string of the molecule is CNCc1cc(C2(c3ccc(OC(C)F)c(C)c3)N=C(N)N(C)C2=O)ccn1.CNCc1cccc(C2(c3ccc(OC(C)F)c(C)c3)N=C(N)N(C)C2=O)c1.Cc1cc(C2(C3CCCCC3)N=C(N)N(C)C2=O)ccc1OC(C)F.Cc1cc(C2(c3cc(F)ccn3)N=C(N)N(C)C2=O)ccc1OC(C)F.Cc1cc(C2(c3ccnc(-c4cccnc4)c3)N=C(N)N(C)C2=O)ccc1OC(C)F. The number of nitrogens with one attached hydrogen (secondary N) is 2. The number of nitrogens with zero attached hydrogens (tertiary/aromatic N) is 14. The number of likely N-dealkylation sites (N-methyl/N-ethyl adjacent to an activating group) is 5. The monoisotopic (exact) mass is 1900 g/mol. The second-order valence-corrected chi connectivity index (χ2v) is 34.1. The van der Waals surface area contributed by atoms with Crippen LogP contribution in [-0.2, 0) is 64.8 Å². The Morgan fingerprint density at radius 1 is 0.377 bits per heavy atom. The zero-order valence-corrected chi connectivity index (χ0v) is 79.9. The number of alkyl halides is 5. The van der Waals surface area contributed by atoms with Crippen LogP contribution in [0.2, 0.25) is 0 Å². The van der Waals surface area contributed by atoms with Gasteiger partial charge in [0.15, 0.2) is 52.0 Å². The minimum absolute atomic E-state index is 0.00331. The summed E-state index contributed by atoms with van der Waals surface area (Å²) in [6.07, 6.45) is 6.04. The first-order valence-electron chi connectivity index (χ1n) is 44.6. The first-order valence-corrected chi connectivity index (χ1v) is 44.6. The number of halogens is 6. The van der Waals surface area contributed by atoms with E-state index in [1.54, 1.807) is 165 Å². The number of hydrogen-bond donors (Lipinski definition) is 7. The predicted octanol–water partition coefficient (Wildman–Crippen LogP) is 13.0. The lowest BCUT2D eigenvalue weighted by Crippen LogP contribution is -2.45. The number of aliphatic imine (C=N–C) groups is 5. The van der Waals surface area contributed by atoms with E-state index >= 15 is 0 Å². The van der Waals surface area contributed by atoms with E-state index in [-0.39, 0.29) is 65.0 Å². The average molecular weight is 1900 g/mol. The summed E-state index contributed by atoms with van der Waals surface area (Å²) in [7, 11) is 11.6. The highest BCUT2D eigenvalue weighted by Crippen LogP contribution is 2.50. The lowest BCUT2D eigenvalue weighted by molar-refractivity contribution is -0.133. The molecule has 12 N–H and O–H groups in total. The molecule has 10 unspecified atom stereocenters.